The second-order valence-corrected chi connectivity index (χ2v) is 10.1. The van der Waals surface area contributed by atoms with Gasteiger partial charge in [0, 0.05) is 69.1 Å². The van der Waals surface area contributed by atoms with E-state index in [1.807, 2.05) is 12.1 Å². The third kappa shape index (κ3) is 5.62. The van der Waals surface area contributed by atoms with Gasteiger partial charge in [0.2, 0.25) is 0 Å². The van der Waals surface area contributed by atoms with Gasteiger partial charge in [0.05, 0.1) is 10.6 Å². The molecule has 2 saturated heterocycles. The van der Waals surface area contributed by atoms with Crippen LogP contribution in [0.3, 0.4) is 0 Å². The van der Waals surface area contributed by atoms with Crippen molar-refractivity contribution in [3.8, 4) is 0 Å². The van der Waals surface area contributed by atoms with Gasteiger partial charge in [0.15, 0.2) is 0 Å². The Hall–Kier alpha value is -1.86. The van der Waals surface area contributed by atoms with Crippen LogP contribution in [0.5, 0.6) is 0 Å². The Morgan fingerprint density at radius 1 is 1.12 bits per heavy atom. The minimum Gasteiger partial charge on any atom is -0.355 e. The number of nitrogens with zero attached hydrogens (tertiary/aromatic N) is 4. The summed E-state index contributed by atoms with van der Waals surface area (Å²) in [6.45, 7) is 9.48. The number of piperazine rings is 1. The largest absolute Gasteiger partial charge is 0.355 e. The fourth-order valence-electron chi connectivity index (χ4n) is 5.19. The number of piperidine rings is 1. The van der Waals surface area contributed by atoms with E-state index in [0.717, 1.165) is 43.6 Å². The number of carbonyl (C=O) groups excluding carboxylic acids is 1. The highest BCUT2D eigenvalue weighted by molar-refractivity contribution is 6.33. The summed E-state index contributed by atoms with van der Waals surface area (Å²) in [5.74, 6) is 0.590. The Bertz CT molecular complexity index is 970. The molecule has 2 fully saturated rings. The van der Waals surface area contributed by atoms with Gasteiger partial charge in [-0.15, -0.1) is 0 Å². The van der Waals surface area contributed by atoms with Gasteiger partial charge in [-0.05, 0) is 50.5 Å². The second kappa shape index (κ2) is 10.6. The number of likely N-dealkylation sites (tertiary alicyclic amines) is 1. The third-order valence-electron chi connectivity index (χ3n) is 7.04. The summed E-state index contributed by atoms with van der Waals surface area (Å²) in [5, 5.41) is 3.93. The molecule has 0 spiro atoms. The van der Waals surface area contributed by atoms with Crippen LogP contribution in [0.25, 0.3) is 0 Å². The molecule has 4 rings (SSSR count). The molecule has 1 N–H and O–H groups in total. The molecule has 3 atom stereocenters. The highest BCUT2D eigenvalue weighted by atomic mass is 35.5. The highest BCUT2D eigenvalue weighted by Gasteiger charge is 2.34. The second-order valence-electron chi connectivity index (χ2n) is 9.27. The predicted octanol–water partition coefficient (Wildman–Crippen LogP) is 4.31. The van der Waals surface area contributed by atoms with Crippen molar-refractivity contribution in [2.45, 2.75) is 51.4 Å². The van der Waals surface area contributed by atoms with E-state index in [4.69, 9.17) is 23.2 Å². The maximum atomic E-state index is 11.8. The van der Waals surface area contributed by atoms with Crippen LogP contribution >= 0.6 is 23.2 Å². The fourth-order valence-corrected chi connectivity index (χ4v) is 5.61. The number of amides is 1. The monoisotopic (exact) mass is 489 g/mol. The van der Waals surface area contributed by atoms with Crippen LogP contribution in [0, 0.1) is 0 Å². The first-order valence-electron chi connectivity index (χ1n) is 11.7. The molecule has 1 aromatic heterocycles. The van der Waals surface area contributed by atoms with Crippen LogP contribution in [-0.2, 0) is 6.54 Å². The summed E-state index contributed by atoms with van der Waals surface area (Å²) in [7, 11) is 1.61. The quantitative estimate of drug-likeness (QED) is 0.677. The van der Waals surface area contributed by atoms with Crippen molar-refractivity contribution in [3.63, 3.8) is 0 Å². The van der Waals surface area contributed by atoms with Gasteiger partial charge >= 0.3 is 0 Å². The van der Waals surface area contributed by atoms with Crippen LogP contribution in [0.15, 0.2) is 36.5 Å². The number of aromatic nitrogens is 1. The number of anilines is 1. The number of nitrogens with one attached hydrogen (secondary N) is 1. The van der Waals surface area contributed by atoms with Crippen molar-refractivity contribution < 1.29 is 4.79 Å². The van der Waals surface area contributed by atoms with Gasteiger partial charge in [-0.2, -0.15) is 0 Å². The number of halogens is 2. The van der Waals surface area contributed by atoms with Crippen molar-refractivity contribution in [2.75, 3.05) is 38.1 Å². The number of hydrogen-bond donors (Lipinski definition) is 1. The van der Waals surface area contributed by atoms with Crippen molar-refractivity contribution in [2.24, 2.45) is 0 Å². The van der Waals surface area contributed by atoms with Crippen molar-refractivity contribution >= 4 is 34.9 Å². The first-order valence-corrected chi connectivity index (χ1v) is 12.5. The number of hydrogen-bond acceptors (Lipinski definition) is 5. The summed E-state index contributed by atoms with van der Waals surface area (Å²) in [6, 6.07) is 11.5. The lowest BCUT2D eigenvalue weighted by molar-refractivity contribution is 0.0420. The van der Waals surface area contributed by atoms with E-state index >= 15 is 0 Å². The Kier molecular flexibility index (Phi) is 7.80. The molecular formula is C25H33Cl2N5O. The molecule has 6 nitrogen and oxygen atoms in total. The molecule has 8 heteroatoms. The van der Waals surface area contributed by atoms with E-state index in [2.05, 4.69) is 51.0 Å². The topological polar surface area (TPSA) is 51.7 Å². The molecule has 0 radical (unpaired) electrons. The zero-order valence-electron chi connectivity index (χ0n) is 19.6. The summed E-state index contributed by atoms with van der Waals surface area (Å²) < 4.78 is 0. The highest BCUT2D eigenvalue weighted by Crippen LogP contribution is 2.30. The van der Waals surface area contributed by atoms with Gasteiger partial charge in [-0.3, -0.25) is 14.6 Å². The Labute approximate surface area is 206 Å². The first kappa shape index (κ1) is 24.3. The average Bonchev–Trinajstić information content (AvgIpc) is 2.81. The lowest BCUT2D eigenvalue weighted by Gasteiger charge is -2.48. The molecule has 2 aliphatic heterocycles. The standard InChI is InChI=1S/C25H33Cl2N5O/c1-17-12-22(8-9-30(17)16-19-4-6-21(26)7-5-19)32-11-10-31(15-18(32)2)24-23(27)13-20(14-29-24)25(33)28-3/h4-7,13-14,17-18,22H,8-12,15-16H2,1-3H3,(H,28,33)/t17?,18-,22?/m0/s1. The molecule has 0 saturated carbocycles. The molecular weight excluding hydrogens is 457 g/mol. The molecule has 33 heavy (non-hydrogen) atoms. The third-order valence-corrected chi connectivity index (χ3v) is 7.57. The molecule has 3 heterocycles. The average molecular weight is 490 g/mol. The Morgan fingerprint density at radius 3 is 2.52 bits per heavy atom. The summed E-state index contributed by atoms with van der Waals surface area (Å²) >= 11 is 12.5. The Balaban J connectivity index is 1.34. The minimum absolute atomic E-state index is 0.175. The molecule has 0 bridgehead atoms. The smallest absolute Gasteiger partial charge is 0.252 e. The van der Waals surface area contributed by atoms with Crippen LogP contribution in [0.1, 0.15) is 42.6 Å². The minimum atomic E-state index is -0.175. The van der Waals surface area contributed by atoms with Gasteiger partial charge < -0.3 is 10.2 Å². The SMILES string of the molecule is CNC(=O)c1cnc(N2CCN(C3CCN(Cc4ccc(Cl)cc4)C(C)C3)[C@@H](C)C2)c(Cl)c1. The summed E-state index contributed by atoms with van der Waals surface area (Å²) in [6.07, 6.45) is 3.97. The first-order chi connectivity index (χ1) is 15.9. The van der Waals surface area contributed by atoms with E-state index in [1.165, 1.54) is 18.4 Å². The van der Waals surface area contributed by atoms with Crippen LogP contribution in [0.2, 0.25) is 10.0 Å². The zero-order chi connectivity index (χ0) is 23.5. The lowest BCUT2D eigenvalue weighted by atomic mass is 9.94. The van der Waals surface area contributed by atoms with Gasteiger partial charge in [0.25, 0.3) is 5.91 Å². The van der Waals surface area contributed by atoms with E-state index in [9.17, 15) is 4.79 Å². The van der Waals surface area contributed by atoms with E-state index < -0.39 is 0 Å². The molecule has 1 aromatic carbocycles. The maximum absolute atomic E-state index is 11.8. The molecule has 2 aromatic rings. The zero-order valence-corrected chi connectivity index (χ0v) is 21.1. The summed E-state index contributed by atoms with van der Waals surface area (Å²) in [5.41, 5.74) is 1.80. The fraction of sp³-hybridized carbons (Fsp3) is 0.520. The van der Waals surface area contributed by atoms with Crippen LogP contribution < -0.4 is 10.2 Å². The number of carbonyl (C=O) groups is 1. The van der Waals surface area contributed by atoms with Gasteiger partial charge in [-0.1, -0.05) is 35.3 Å². The van der Waals surface area contributed by atoms with E-state index in [0.29, 0.717) is 28.7 Å². The summed E-state index contributed by atoms with van der Waals surface area (Å²) in [4.78, 5) is 23.9. The Morgan fingerprint density at radius 2 is 1.88 bits per heavy atom. The molecule has 178 valence electrons. The van der Waals surface area contributed by atoms with Crippen LogP contribution in [0.4, 0.5) is 5.82 Å². The van der Waals surface area contributed by atoms with Crippen molar-refractivity contribution in [3.05, 3.63) is 57.7 Å². The van der Waals surface area contributed by atoms with E-state index in [1.54, 1.807) is 19.3 Å². The molecule has 1 amide bonds. The van der Waals surface area contributed by atoms with Gasteiger partial charge in [0.1, 0.15) is 5.82 Å². The number of benzene rings is 1. The van der Waals surface area contributed by atoms with Crippen LogP contribution in [-0.4, -0.2) is 72.0 Å². The normalized spacial score (nSPS) is 24.6. The lowest BCUT2D eigenvalue weighted by Crippen LogP contribution is -2.58. The van der Waals surface area contributed by atoms with Crippen molar-refractivity contribution in [1.82, 2.24) is 20.1 Å². The van der Waals surface area contributed by atoms with Gasteiger partial charge in [-0.25, -0.2) is 4.98 Å². The van der Waals surface area contributed by atoms with E-state index in [-0.39, 0.29) is 5.91 Å². The molecule has 0 aliphatic carbocycles. The molecule has 2 unspecified atom stereocenters. The molecule has 2 aliphatic rings. The maximum Gasteiger partial charge on any atom is 0.252 e. The van der Waals surface area contributed by atoms with Crippen molar-refractivity contribution in [1.29, 1.82) is 0 Å². The number of pyridine rings is 1. The number of rotatable bonds is 5. The predicted molar refractivity (Wildman–Crippen MR) is 135 cm³/mol.